The number of hydrogen-bond acceptors (Lipinski definition) is 5. The van der Waals surface area contributed by atoms with Gasteiger partial charge in [0.2, 0.25) is 5.91 Å². The quantitative estimate of drug-likeness (QED) is 0.449. The second-order valence-corrected chi connectivity index (χ2v) is 4.59. The number of hydrogen-bond donors (Lipinski definition) is 3. The van der Waals surface area contributed by atoms with Crippen LogP contribution in [0.25, 0.3) is 0 Å². The third-order valence-electron chi connectivity index (χ3n) is 3.38. The first-order valence-corrected chi connectivity index (χ1v) is 6.36. The number of carboxylic acid groups (broad SMARTS) is 1. The standard InChI is InChI=1S/C12H18N2O5/c1-2-3-5-13-12(11(17)18)8(4-6-15)19-10-7-9(16)14(10)12/h4,10,13,15H,2-3,5-7H2,1H3,(H,17,18)/b8-4-/t10-,12-/m1/s1. The number of fused-ring (bicyclic) bond motifs is 1. The summed E-state index contributed by atoms with van der Waals surface area (Å²) in [6, 6.07) is 0. The minimum atomic E-state index is -1.67. The van der Waals surface area contributed by atoms with E-state index in [0.29, 0.717) is 6.54 Å². The number of aliphatic hydroxyl groups is 1. The SMILES string of the molecule is CCCCN[C@]1(C(=O)O)/C(=C/CO)O[C@@H]2CC(=O)N21. The molecule has 0 saturated carbocycles. The lowest BCUT2D eigenvalue weighted by molar-refractivity contribution is -0.172. The molecule has 0 spiro atoms. The van der Waals surface area contributed by atoms with Crippen LogP contribution in [0.3, 0.4) is 0 Å². The topological polar surface area (TPSA) is 99.1 Å². The lowest BCUT2D eigenvalue weighted by Crippen LogP contribution is -2.69. The van der Waals surface area contributed by atoms with Gasteiger partial charge < -0.3 is 14.9 Å². The van der Waals surface area contributed by atoms with E-state index in [0.717, 1.165) is 12.8 Å². The van der Waals surface area contributed by atoms with Gasteiger partial charge >= 0.3 is 5.97 Å². The van der Waals surface area contributed by atoms with Gasteiger partial charge in [-0.1, -0.05) is 13.3 Å². The number of amides is 1. The molecule has 0 unspecified atom stereocenters. The molecule has 2 rings (SSSR count). The zero-order chi connectivity index (χ0) is 14.0. The summed E-state index contributed by atoms with van der Waals surface area (Å²) in [5.41, 5.74) is -1.67. The molecule has 1 amide bonds. The summed E-state index contributed by atoms with van der Waals surface area (Å²) in [6.07, 6.45) is 2.61. The number of nitrogens with zero attached hydrogens (tertiary/aromatic N) is 1. The lowest BCUT2D eigenvalue weighted by atomic mass is 10.0. The van der Waals surface area contributed by atoms with Crippen LogP contribution in [0.15, 0.2) is 11.8 Å². The van der Waals surface area contributed by atoms with E-state index < -0.39 is 17.9 Å². The van der Waals surface area contributed by atoms with Crippen molar-refractivity contribution >= 4 is 11.9 Å². The molecule has 7 heteroatoms. The van der Waals surface area contributed by atoms with Crippen molar-refractivity contribution in [3.05, 3.63) is 11.8 Å². The summed E-state index contributed by atoms with van der Waals surface area (Å²) >= 11 is 0. The normalized spacial score (nSPS) is 31.1. The molecule has 2 aliphatic rings. The summed E-state index contributed by atoms with van der Waals surface area (Å²) < 4.78 is 5.44. The Morgan fingerprint density at radius 3 is 2.95 bits per heavy atom. The Morgan fingerprint density at radius 1 is 1.68 bits per heavy atom. The van der Waals surface area contributed by atoms with Crippen molar-refractivity contribution in [1.82, 2.24) is 10.2 Å². The molecule has 2 heterocycles. The molecule has 0 aromatic rings. The van der Waals surface area contributed by atoms with Crippen LogP contribution in [0.4, 0.5) is 0 Å². The third-order valence-corrected chi connectivity index (χ3v) is 3.38. The lowest BCUT2D eigenvalue weighted by Gasteiger charge is -2.40. The van der Waals surface area contributed by atoms with Crippen LogP contribution in [0.2, 0.25) is 0 Å². The number of ether oxygens (including phenoxy) is 1. The maximum atomic E-state index is 11.7. The van der Waals surface area contributed by atoms with Crippen LogP contribution in [0.1, 0.15) is 26.2 Å². The second kappa shape index (κ2) is 5.18. The first-order chi connectivity index (χ1) is 9.07. The van der Waals surface area contributed by atoms with Crippen molar-refractivity contribution in [3.63, 3.8) is 0 Å². The van der Waals surface area contributed by atoms with E-state index >= 15 is 0 Å². The van der Waals surface area contributed by atoms with Crippen LogP contribution >= 0.6 is 0 Å². The third kappa shape index (κ3) is 1.98. The van der Waals surface area contributed by atoms with Gasteiger partial charge in [-0.25, -0.2) is 4.79 Å². The number of carbonyl (C=O) groups excluding carboxylic acids is 1. The average Bonchev–Trinajstić information content (AvgIpc) is 2.60. The second-order valence-electron chi connectivity index (χ2n) is 4.59. The number of aliphatic carboxylic acids is 1. The van der Waals surface area contributed by atoms with E-state index in [-0.39, 0.29) is 24.7 Å². The van der Waals surface area contributed by atoms with Crippen LogP contribution in [-0.4, -0.2) is 52.0 Å². The van der Waals surface area contributed by atoms with Gasteiger partial charge in [-0.3, -0.25) is 15.0 Å². The molecule has 2 aliphatic heterocycles. The Bertz CT molecular complexity index is 422. The molecular formula is C12H18N2O5. The summed E-state index contributed by atoms with van der Waals surface area (Å²) in [7, 11) is 0. The summed E-state index contributed by atoms with van der Waals surface area (Å²) in [5.74, 6) is -1.37. The zero-order valence-corrected chi connectivity index (χ0v) is 10.8. The molecule has 7 nitrogen and oxygen atoms in total. The molecule has 3 N–H and O–H groups in total. The Kier molecular flexibility index (Phi) is 3.77. The molecule has 0 radical (unpaired) electrons. The zero-order valence-electron chi connectivity index (χ0n) is 10.8. The molecule has 19 heavy (non-hydrogen) atoms. The average molecular weight is 270 g/mol. The minimum absolute atomic E-state index is 0.0921. The summed E-state index contributed by atoms with van der Waals surface area (Å²) in [4.78, 5) is 24.5. The highest BCUT2D eigenvalue weighted by Gasteiger charge is 2.64. The maximum Gasteiger partial charge on any atom is 0.353 e. The van der Waals surface area contributed by atoms with E-state index in [4.69, 9.17) is 9.84 Å². The van der Waals surface area contributed by atoms with E-state index in [2.05, 4.69) is 5.32 Å². The number of unbranched alkanes of at least 4 members (excludes halogenated alkanes) is 1. The van der Waals surface area contributed by atoms with Crippen molar-refractivity contribution in [2.24, 2.45) is 0 Å². The number of carboxylic acids is 1. The Hall–Kier alpha value is -1.60. The van der Waals surface area contributed by atoms with E-state index in [1.165, 1.54) is 11.0 Å². The fourth-order valence-corrected chi connectivity index (χ4v) is 2.42. The van der Waals surface area contributed by atoms with Crippen LogP contribution in [-0.2, 0) is 14.3 Å². The van der Waals surface area contributed by atoms with Gasteiger partial charge in [0.05, 0.1) is 13.0 Å². The van der Waals surface area contributed by atoms with Gasteiger partial charge in [0.15, 0.2) is 6.23 Å². The molecule has 0 aromatic heterocycles. The fourth-order valence-electron chi connectivity index (χ4n) is 2.42. The Balaban J connectivity index is 2.32. The summed E-state index contributed by atoms with van der Waals surface area (Å²) in [5, 5.41) is 21.4. The molecule has 0 aromatic carbocycles. The number of carbonyl (C=O) groups is 2. The van der Waals surface area contributed by atoms with Gasteiger partial charge in [0, 0.05) is 0 Å². The van der Waals surface area contributed by atoms with E-state index in [1.54, 1.807) is 0 Å². The largest absolute Gasteiger partial charge is 0.478 e. The maximum absolute atomic E-state index is 11.7. The fraction of sp³-hybridized carbons (Fsp3) is 0.667. The van der Waals surface area contributed by atoms with Crippen molar-refractivity contribution in [2.75, 3.05) is 13.2 Å². The number of aliphatic hydroxyl groups excluding tert-OH is 1. The van der Waals surface area contributed by atoms with Crippen LogP contribution in [0.5, 0.6) is 0 Å². The predicted molar refractivity (Wildman–Crippen MR) is 64.8 cm³/mol. The molecule has 2 saturated heterocycles. The van der Waals surface area contributed by atoms with Crippen LogP contribution < -0.4 is 5.32 Å². The molecule has 106 valence electrons. The Morgan fingerprint density at radius 2 is 2.42 bits per heavy atom. The molecule has 2 atom stereocenters. The highest BCUT2D eigenvalue weighted by molar-refractivity contribution is 5.94. The number of rotatable bonds is 6. The van der Waals surface area contributed by atoms with Gasteiger partial charge in [-0.05, 0) is 19.0 Å². The Labute approximate surface area is 110 Å². The van der Waals surface area contributed by atoms with Gasteiger partial charge in [-0.2, -0.15) is 0 Å². The molecule has 2 fully saturated rings. The van der Waals surface area contributed by atoms with Gasteiger partial charge in [-0.15, -0.1) is 0 Å². The van der Waals surface area contributed by atoms with Gasteiger partial charge in [0.25, 0.3) is 5.66 Å². The summed E-state index contributed by atoms with van der Waals surface area (Å²) in [6.45, 7) is 2.10. The predicted octanol–water partition coefficient (Wildman–Crippen LogP) is -0.378. The smallest absolute Gasteiger partial charge is 0.353 e. The monoisotopic (exact) mass is 270 g/mol. The van der Waals surface area contributed by atoms with Gasteiger partial charge in [0.1, 0.15) is 5.76 Å². The first kappa shape index (κ1) is 13.8. The van der Waals surface area contributed by atoms with Crippen molar-refractivity contribution in [1.29, 1.82) is 0 Å². The van der Waals surface area contributed by atoms with Crippen molar-refractivity contribution in [2.45, 2.75) is 38.1 Å². The minimum Gasteiger partial charge on any atom is -0.478 e. The highest BCUT2D eigenvalue weighted by atomic mass is 16.5. The molecule has 0 bridgehead atoms. The molecular weight excluding hydrogens is 252 g/mol. The highest BCUT2D eigenvalue weighted by Crippen LogP contribution is 2.42. The first-order valence-electron chi connectivity index (χ1n) is 6.36. The van der Waals surface area contributed by atoms with E-state index in [9.17, 15) is 14.7 Å². The van der Waals surface area contributed by atoms with Crippen molar-refractivity contribution < 1.29 is 24.5 Å². The van der Waals surface area contributed by atoms with E-state index in [1.807, 2.05) is 6.92 Å². The number of β-lactam (4-membered cyclic amide) rings is 1. The number of nitrogens with one attached hydrogen (secondary N) is 1. The van der Waals surface area contributed by atoms with Crippen LogP contribution in [0, 0.1) is 0 Å². The molecule has 0 aliphatic carbocycles. The van der Waals surface area contributed by atoms with Crippen molar-refractivity contribution in [3.8, 4) is 0 Å².